The SMILES string of the molecule is CC(C)CC(C)(C)C(=O)NCc1ccc(C(=O)O)cc1. The first kappa shape index (κ1) is 16.2. The van der Waals surface area contributed by atoms with Crippen LogP contribution in [0.1, 0.15) is 50.0 Å². The standard InChI is InChI=1S/C16H23NO3/c1-11(2)9-16(3,4)15(20)17-10-12-5-7-13(8-6-12)14(18)19/h5-8,11H,9-10H2,1-4H3,(H,17,20)(H,18,19). The molecule has 1 rings (SSSR count). The zero-order valence-electron chi connectivity index (χ0n) is 12.6. The summed E-state index contributed by atoms with van der Waals surface area (Å²) in [4.78, 5) is 22.9. The van der Waals surface area contributed by atoms with E-state index in [4.69, 9.17) is 5.11 Å². The molecule has 0 aliphatic rings. The van der Waals surface area contributed by atoms with Crippen LogP contribution in [0, 0.1) is 11.3 Å². The van der Waals surface area contributed by atoms with Gasteiger partial charge >= 0.3 is 5.97 Å². The molecule has 0 atom stereocenters. The molecule has 4 nitrogen and oxygen atoms in total. The second-order valence-corrected chi connectivity index (χ2v) is 6.17. The molecule has 0 saturated heterocycles. The van der Waals surface area contributed by atoms with Crippen molar-refractivity contribution in [3.8, 4) is 0 Å². The van der Waals surface area contributed by atoms with Crippen LogP contribution in [0.2, 0.25) is 0 Å². The molecule has 0 unspecified atom stereocenters. The normalized spacial score (nSPS) is 11.4. The molecule has 110 valence electrons. The number of hydrogen-bond donors (Lipinski definition) is 2. The summed E-state index contributed by atoms with van der Waals surface area (Å²) in [5.41, 5.74) is 0.749. The summed E-state index contributed by atoms with van der Waals surface area (Å²) >= 11 is 0. The Hall–Kier alpha value is -1.84. The van der Waals surface area contributed by atoms with Crippen LogP contribution in [-0.4, -0.2) is 17.0 Å². The molecule has 1 aromatic carbocycles. The van der Waals surface area contributed by atoms with Crippen LogP contribution in [0.25, 0.3) is 0 Å². The molecule has 1 aromatic rings. The first-order chi connectivity index (χ1) is 9.22. The molecule has 0 bridgehead atoms. The van der Waals surface area contributed by atoms with Gasteiger partial charge in [0.15, 0.2) is 0 Å². The van der Waals surface area contributed by atoms with Crippen LogP contribution >= 0.6 is 0 Å². The Morgan fingerprint density at radius 1 is 1.20 bits per heavy atom. The predicted molar refractivity (Wildman–Crippen MR) is 78.5 cm³/mol. The maximum absolute atomic E-state index is 12.1. The summed E-state index contributed by atoms with van der Waals surface area (Å²) in [5, 5.41) is 11.7. The van der Waals surface area contributed by atoms with Crippen molar-refractivity contribution in [2.45, 2.75) is 40.7 Å². The number of aromatic carboxylic acids is 1. The molecular weight excluding hydrogens is 254 g/mol. The number of carboxylic acid groups (broad SMARTS) is 1. The number of amides is 1. The van der Waals surface area contributed by atoms with Crippen LogP contribution in [0.4, 0.5) is 0 Å². The van der Waals surface area contributed by atoms with Crippen LogP contribution in [0.3, 0.4) is 0 Å². The second kappa shape index (κ2) is 6.55. The van der Waals surface area contributed by atoms with E-state index < -0.39 is 11.4 Å². The van der Waals surface area contributed by atoms with Crippen molar-refractivity contribution in [1.82, 2.24) is 5.32 Å². The average molecular weight is 277 g/mol. The van der Waals surface area contributed by atoms with E-state index in [1.54, 1.807) is 24.3 Å². The van der Waals surface area contributed by atoms with E-state index in [-0.39, 0.29) is 11.5 Å². The third-order valence-electron chi connectivity index (χ3n) is 3.19. The van der Waals surface area contributed by atoms with Crippen molar-refractivity contribution in [2.75, 3.05) is 0 Å². The van der Waals surface area contributed by atoms with Gasteiger partial charge in [0.25, 0.3) is 0 Å². The highest BCUT2D eigenvalue weighted by molar-refractivity contribution is 5.87. The van der Waals surface area contributed by atoms with Gasteiger partial charge in [-0.05, 0) is 30.0 Å². The Balaban J connectivity index is 2.58. The van der Waals surface area contributed by atoms with Gasteiger partial charge in [-0.15, -0.1) is 0 Å². The maximum atomic E-state index is 12.1. The van der Waals surface area contributed by atoms with Crippen molar-refractivity contribution in [3.63, 3.8) is 0 Å². The lowest BCUT2D eigenvalue weighted by Crippen LogP contribution is -2.37. The summed E-state index contributed by atoms with van der Waals surface area (Å²) in [5.74, 6) is -0.460. The molecule has 0 aromatic heterocycles. The number of hydrogen-bond acceptors (Lipinski definition) is 2. The highest BCUT2D eigenvalue weighted by Gasteiger charge is 2.27. The molecule has 4 heteroatoms. The van der Waals surface area contributed by atoms with Crippen molar-refractivity contribution in [2.24, 2.45) is 11.3 Å². The van der Waals surface area contributed by atoms with Gasteiger partial charge in [0.05, 0.1) is 5.56 Å². The molecule has 0 fully saturated rings. The monoisotopic (exact) mass is 277 g/mol. The topological polar surface area (TPSA) is 66.4 Å². The van der Waals surface area contributed by atoms with Gasteiger partial charge in [-0.1, -0.05) is 39.8 Å². The Bertz CT molecular complexity index is 475. The van der Waals surface area contributed by atoms with Crippen LogP contribution in [0.5, 0.6) is 0 Å². The quantitative estimate of drug-likeness (QED) is 0.839. The predicted octanol–water partition coefficient (Wildman–Crippen LogP) is 3.07. The van der Waals surface area contributed by atoms with Crippen molar-refractivity contribution in [1.29, 1.82) is 0 Å². The molecule has 0 spiro atoms. The molecule has 20 heavy (non-hydrogen) atoms. The minimum Gasteiger partial charge on any atom is -0.478 e. The minimum absolute atomic E-state index is 0.0218. The van der Waals surface area contributed by atoms with Crippen molar-refractivity contribution in [3.05, 3.63) is 35.4 Å². The Morgan fingerprint density at radius 3 is 2.20 bits per heavy atom. The van der Waals surface area contributed by atoms with Gasteiger partial charge in [0, 0.05) is 12.0 Å². The Labute approximate surface area is 120 Å². The molecule has 1 amide bonds. The molecule has 0 aliphatic heterocycles. The summed E-state index contributed by atoms with van der Waals surface area (Å²) < 4.78 is 0. The van der Waals surface area contributed by atoms with Gasteiger partial charge in [0.1, 0.15) is 0 Å². The van der Waals surface area contributed by atoms with E-state index >= 15 is 0 Å². The fraction of sp³-hybridized carbons (Fsp3) is 0.500. The van der Waals surface area contributed by atoms with Crippen molar-refractivity contribution < 1.29 is 14.7 Å². The largest absolute Gasteiger partial charge is 0.478 e. The average Bonchev–Trinajstić information content (AvgIpc) is 2.34. The maximum Gasteiger partial charge on any atom is 0.335 e. The minimum atomic E-state index is -0.946. The summed E-state index contributed by atoms with van der Waals surface area (Å²) in [7, 11) is 0. The number of carboxylic acids is 1. The summed E-state index contributed by atoms with van der Waals surface area (Å²) in [6.45, 7) is 8.49. The lowest BCUT2D eigenvalue weighted by atomic mass is 9.83. The molecule has 0 heterocycles. The second-order valence-electron chi connectivity index (χ2n) is 6.17. The van der Waals surface area contributed by atoms with E-state index in [9.17, 15) is 9.59 Å². The van der Waals surface area contributed by atoms with Gasteiger partial charge in [-0.2, -0.15) is 0 Å². The number of carbonyl (C=O) groups excluding carboxylic acids is 1. The molecular formula is C16H23NO3. The highest BCUT2D eigenvalue weighted by Crippen LogP contribution is 2.25. The zero-order valence-corrected chi connectivity index (χ0v) is 12.6. The summed E-state index contributed by atoms with van der Waals surface area (Å²) in [6.07, 6.45) is 0.830. The molecule has 2 N–H and O–H groups in total. The fourth-order valence-corrected chi connectivity index (χ4v) is 2.30. The third kappa shape index (κ3) is 4.68. The Morgan fingerprint density at radius 2 is 1.75 bits per heavy atom. The van der Waals surface area contributed by atoms with Gasteiger partial charge < -0.3 is 10.4 Å². The lowest BCUT2D eigenvalue weighted by molar-refractivity contribution is -0.130. The van der Waals surface area contributed by atoms with Crippen molar-refractivity contribution >= 4 is 11.9 Å². The highest BCUT2D eigenvalue weighted by atomic mass is 16.4. The fourth-order valence-electron chi connectivity index (χ4n) is 2.30. The number of rotatable bonds is 6. The number of carbonyl (C=O) groups is 2. The van der Waals surface area contributed by atoms with E-state index in [1.807, 2.05) is 13.8 Å². The van der Waals surface area contributed by atoms with E-state index in [0.717, 1.165) is 12.0 Å². The van der Waals surface area contributed by atoms with E-state index in [0.29, 0.717) is 12.5 Å². The summed E-state index contributed by atoms with van der Waals surface area (Å²) in [6, 6.07) is 6.53. The zero-order chi connectivity index (χ0) is 15.3. The Kier molecular flexibility index (Phi) is 5.31. The lowest BCUT2D eigenvalue weighted by Gasteiger charge is -2.25. The van der Waals surface area contributed by atoms with E-state index in [2.05, 4.69) is 19.2 Å². The van der Waals surface area contributed by atoms with Crippen LogP contribution in [0.15, 0.2) is 24.3 Å². The molecule has 0 radical (unpaired) electrons. The first-order valence-corrected chi connectivity index (χ1v) is 6.83. The van der Waals surface area contributed by atoms with Crippen LogP contribution < -0.4 is 5.32 Å². The van der Waals surface area contributed by atoms with E-state index in [1.165, 1.54) is 0 Å². The van der Waals surface area contributed by atoms with Gasteiger partial charge in [-0.3, -0.25) is 4.79 Å². The first-order valence-electron chi connectivity index (χ1n) is 6.83. The number of nitrogens with one attached hydrogen (secondary N) is 1. The molecule has 0 saturated carbocycles. The van der Waals surface area contributed by atoms with Gasteiger partial charge in [-0.25, -0.2) is 4.79 Å². The van der Waals surface area contributed by atoms with Crippen LogP contribution in [-0.2, 0) is 11.3 Å². The number of benzene rings is 1. The van der Waals surface area contributed by atoms with Gasteiger partial charge in [0.2, 0.25) is 5.91 Å². The third-order valence-corrected chi connectivity index (χ3v) is 3.19. The smallest absolute Gasteiger partial charge is 0.335 e. The molecule has 0 aliphatic carbocycles.